The number of carbonyl (C=O) groups is 1. The van der Waals surface area contributed by atoms with E-state index in [0.29, 0.717) is 5.56 Å². The molecule has 0 bridgehead atoms. The van der Waals surface area contributed by atoms with Crippen LogP contribution in [0.4, 0.5) is 8.78 Å². The number of hydrogen-bond acceptors (Lipinski definition) is 3. The van der Waals surface area contributed by atoms with E-state index in [1.807, 2.05) is 0 Å². The zero-order valence-electron chi connectivity index (χ0n) is 10.9. The van der Waals surface area contributed by atoms with Crippen molar-refractivity contribution in [3.63, 3.8) is 0 Å². The van der Waals surface area contributed by atoms with E-state index in [2.05, 4.69) is 10.5 Å². The predicted molar refractivity (Wildman–Crippen MR) is 74.0 cm³/mol. The number of para-hydroxylation sites is 1. The van der Waals surface area contributed by atoms with E-state index in [4.69, 9.17) is 4.74 Å². The zero-order valence-corrected chi connectivity index (χ0v) is 10.9. The number of hydrogen-bond donors (Lipinski definition) is 1. The second-order valence-corrected chi connectivity index (χ2v) is 4.07. The van der Waals surface area contributed by atoms with E-state index in [9.17, 15) is 13.6 Å². The molecule has 0 fully saturated rings. The fourth-order valence-corrected chi connectivity index (χ4v) is 1.50. The van der Waals surface area contributed by atoms with Gasteiger partial charge in [0.1, 0.15) is 5.82 Å². The number of carbonyl (C=O) groups excluding carboxylic acids is 1. The normalized spacial score (nSPS) is 10.6. The van der Waals surface area contributed by atoms with Crippen LogP contribution in [0.5, 0.6) is 5.75 Å². The van der Waals surface area contributed by atoms with E-state index < -0.39 is 17.5 Å². The van der Waals surface area contributed by atoms with Crippen molar-refractivity contribution in [2.45, 2.75) is 0 Å². The van der Waals surface area contributed by atoms with Gasteiger partial charge in [-0.2, -0.15) is 5.10 Å². The average Bonchev–Trinajstić information content (AvgIpc) is 2.46. The van der Waals surface area contributed by atoms with Crippen LogP contribution in [0, 0.1) is 11.6 Å². The number of benzene rings is 2. The van der Waals surface area contributed by atoms with E-state index in [0.717, 1.165) is 0 Å². The first-order chi connectivity index (χ1) is 10.1. The Kier molecular flexibility index (Phi) is 4.98. The number of amides is 1. The van der Waals surface area contributed by atoms with Crippen molar-refractivity contribution in [3.05, 3.63) is 65.7 Å². The van der Waals surface area contributed by atoms with Crippen LogP contribution in [0.2, 0.25) is 0 Å². The summed E-state index contributed by atoms with van der Waals surface area (Å²) in [7, 11) is 0. The molecule has 0 radical (unpaired) electrons. The van der Waals surface area contributed by atoms with Gasteiger partial charge in [-0.25, -0.2) is 14.2 Å². The molecule has 0 aliphatic rings. The molecule has 2 aromatic rings. The van der Waals surface area contributed by atoms with Gasteiger partial charge in [0.25, 0.3) is 5.91 Å². The molecule has 0 saturated carbocycles. The van der Waals surface area contributed by atoms with Gasteiger partial charge in [-0.3, -0.25) is 4.79 Å². The third-order valence-corrected chi connectivity index (χ3v) is 2.45. The van der Waals surface area contributed by atoms with Gasteiger partial charge in [0.05, 0.1) is 6.21 Å². The summed E-state index contributed by atoms with van der Waals surface area (Å²) in [6.45, 7) is -0.374. The number of halogens is 2. The largest absolute Gasteiger partial charge is 0.481 e. The van der Waals surface area contributed by atoms with E-state index >= 15 is 0 Å². The van der Waals surface area contributed by atoms with Crippen LogP contribution in [0.1, 0.15) is 5.56 Å². The SMILES string of the molecule is O=C(COc1ccccc1F)N/N=C\c1cccc(F)c1. The predicted octanol–water partition coefficient (Wildman–Crippen LogP) is 2.49. The van der Waals surface area contributed by atoms with Crippen molar-refractivity contribution in [2.24, 2.45) is 5.10 Å². The maximum absolute atomic E-state index is 13.2. The summed E-state index contributed by atoms with van der Waals surface area (Å²) < 4.78 is 31.1. The van der Waals surface area contributed by atoms with Crippen LogP contribution in [-0.2, 0) is 4.79 Å². The number of nitrogens with zero attached hydrogens (tertiary/aromatic N) is 1. The van der Waals surface area contributed by atoms with Gasteiger partial charge in [-0.1, -0.05) is 24.3 Å². The Morgan fingerprint density at radius 3 is 2.76 bits per heavy atom. The molecule has 0 spiro atoms. The Morgan fingerprint density at radius 2 is 2.00 bits per heavy atom. The van der Waals surface area contributed by atoms with E-state index in [-0.39, 0.29) is 12.4 Å². The minimum absolute atomic E-state index is 0.0123. The maximum atomic E-state index is 13.2. The number of ether oxygens (including phenoxy) is 1. The van der Waals surface area contributed by atoms with Crippen LogP contribution in [0.25, 0.3) is 0 Å². The molecule has 108 valence electrons. The molecule has 0 aliphatic carbocycles. The molecular formula is C15H12F2N2O2. The van der Waals surface area contributed by atoms with E-state index in [1.165, 1.54) is 42.6 Å². The lowest BCUT2D eigenvalue weighted by atomic mass is 10.2. The minimum atomic E-state index is -0.550. The fraction of sp³-hybridized carbons (Fsp3) is 0.0667. The van der Waals surface area contributed by atoms with Crippen molar-refractivity contribution >= 4 is 12.1 Å². The first kappa shape index (κ1) is 14.6. The lowest BCUT2D eigenvalue weighted by Crippen LogP contribution is -2.24. The molecule has 1 amide bonds. The van der Waals surface area contributed by atoms with Gasteiger partial charge in [0, 0.05) is 0 Å². The Morgan fingerprint density at radius 1 is 1.19 bits per heavy atom. The van der Waals surface area contributed by atoms with Gasteiger partial charge in [0.15, 0.2) is 18.2 Å². The Bertz CT molecular complexity index is 660. The van der Waals surface area contributed by atoms with Crippen molar-refractivity contribution < 1.29 is 18.3 Å². The smallest absolute Gasteiger partial charge is 0.277 e. The summed E-state index contributed by atoms with van der Waals surface area (Å²) in [6.07, 6.45) is 1.30. The molecule has 0 heterocycles. The minimum Gasteiger partial charge on any atom is -0.481 e. The van der Waals surface area contributed by atoms with Gasteiger partial charge >= 0.3 is 0 Å². The maximum Gasteiger partial charge on any atom is 0.277 e. The highest BCUT2D eigenvalue weighted by Gasteiger charge is 2.05. The second-order valence-electron chi connectivity index (χ2n) is 4.07. The monoisotopic (exact) mass is 290 g/mol. The average molecular weight is 290 g/mol. The first-order valence-corrected chi connectivity index (χ1v) is 6.10. The molecule has 2 rings (SSSR count). The molecule has 2 aromatic carbocycles. The molecule has 21 heavy (non-hydrogen) atoms. The highest BCUT2D eigenvalue weighted by molar-refractivity contribution is 5.82. The molecule has 0 saturated heterocycles. The molecule has 1 N–H and O–H groups in total. The van der Waals surface area contributed by atoms with E-state index in [1.54, 1.807) is 12.1 Å². The number of nitrogens with one attached hydrogen (secondary N) is 1. The lowest BCUT2D eigenvalue weighted by molar-refractivity contribution is -0.123. The number of rotatable bonds is 5. The third kappa shape index (κ3) is 4.68. The van der Waals surface area contributed by atoms with Crippen LogP contribution in [-0.4, -0.2) is 18.7 Å². The molecule has 6 heteroatoms. The summed E-state index contributed by atoms with van der Waals surface area (Å²) >= 11 is 0. The number of hydrazone groups is 1. The third-order valence-electron chi connectivity index (χ3n) is 2.45. The molecule has 0 aromatic heterocycles. The highest BCUT2D eigenvalue weighted by Crippen LogP contribution is 2.14. The Hall–Kier alpha value is -2.76. The quantitative estimate of drug-likeness (QED) is 0.679. The standard InChI is InChI=1S/C15H12F2N2O2/c16-12-5-3-4-11(8-12)9-18-19-15(20)10-21-14-7-2-1-6-13(14)17/h1-9H,10H2,(H,19,20)/b18-9-. The molecular weight excluding hydrogens is 278 g/mol. The Labute approximate surface area is 120 Å². The zero-order chi connectivity index (χ0) is 15.1. The van der Waals surface area contributed by atoms with Gasteiger partial charge in [-0.05, 0) is 29.8 Å². The molecule has 0 aliphatic heterocycles. The summed E-state index contributed by atoms with van der Waals surface area (Å²) in [6, 6.07) is 11.5. The molecule has 4 nitrogen and oxygen atoms in total. The fourth-order valence-electron chi connectivity index (χ4n) is 1.50. The van der Waals surface area contributed by atoms with Crippen LogP contribution in [0.3, 0.4) is 0 Å². The first-order valence-electron chi connectivity index (χ1n) is 6.10. The van der Waals surface area contributed by atoms with Gasteiger partial charge in [0.2, 0.25) is 0 Å². The van der Waals surface area contributed by atoms with Crippen molar-refractivity contribution in [1.82, 2.24) is 5.43 Å². The second kappa shape index (κ2) is 7.14. The van der Waals surface area contributed by atoms with Crippen molar-refractivity contribution in [3.8, 4) is 5.75 Å². The van der Waals surface area contributed by atoms with Crippen LogP contribution >= 0.6 is 0 Å². The topological polar surface area (TPSA) is 50.7 Å². The summed E-state index contributed by atoms with van der Waals surface area (Å²) in [4.78, 5) is 11.4. The molecule has 0 unspecified atom stereocenters. The summed E-state index contributed by atoms with van der Waals surface area (Å²) in [5.74, 6) is -1.51. The van der Waals surface area contributed by atoms with Gasteiger partial charge in [-0.15, -0.1) is 0 Å². The lowest BCUT2D eigenvalue weighted by Gasteiger charge is -2.05. The van der Waals surface area contributed by atoms with Crippen molar-refractivity contribution in [1.29, 1.82) is 0 Å². The van der Waals surface area contributed by atoms with Gasteiger partial charge < -0.3 is 4.74 Å². The van der Waals surface area contributed by atoms with Crippen LogP contribution in [0.15, 0.2) is 53.6 Å². The van der Waals surface area contributed by atoms with Crippen molar-refractivity contribution in [2.75, 3.05) is 6.61 Å². The molecule has 0 atom stereocenters. The Balaban J connectivity index is 1.81. The summed E-state index contributed by atoms with van der Waals surface area (Å²) in [5.41, 5.74) is 2.71. The summed E-state index contributed by atoms with van der Waals surface area (Å²) in [5, 5.41) is 3.65. The van der Waals surface area contributed by atoms with Crippen LogP contribution < -0.4 is 10.2 Å². The highest BCUT2D eigenvalue weighted by atomic mass is 19.1.